The first-order valence-corrected chi connectivity index (χ1v) is 14.0. The zero-order valence-corrected chi connectivity index (χ0v) is 21.7. The van der Waals surface area contributed by atoms with Crippen LogP contribution in [0.1, 0.15) is 89.5 Å². The lowest BCUT2D eigenvalue weighted by atomic mass is 9.84. The Balaban J connectivity index is 1.44. The van der Waals surface area contributed by atoms with Crippen LogP contribution >= 0.6 is 0 Å². The van der Waals surface area contributed by atoms with Gasteiger partial charge in [-0.2, -0.15) is 0 Å². The molecule has 1 amide bonds. The first kappa shape index (κ1) is 27.7. The van der Waals surface area contributed by atoms with Gasteiger partial charge in [0.15, 0.2) is 0 Å². The first-order chi connectivity index (χ1) is 17.0. The number of carbonyl (C=O) groups is 2. The summed E-state index contributed by atoms with van der Waals surface area (Å²) in [6.45, 7) is 5.15. The number of rotatable bonds is 15. The Kier molecular flexibility index (Phi) is 12.1. The summed E-state index contributed by atoms with van der Waals surface area (Å²) in [5, 5.41) is 13.2. The summed E-state index contributed by atoms with van der Waals surface area (Å²) in [5.74, 6) is 1.60. The fourth-order valence-corrected chi connectivity index (χ4v) is 5.30. The van der Waals surface area contributed by atoms with Crippen LogP contribution in [0.4, 0.5) is 0 Å². The number of aliphatic hydroxyl groups excluding tert-OH is 1. The van der Waals surface area contributed by atoms with Gasteiger partial charge in [0.2, 0.25) is 5.91 Å². The lowest BCUT2D eigenvalue weighted by molar-refractivity contribution is -0.125. The summed E-state index contributed by atoms with van der Waals surface area (Å²) in [6.07, 6.45) is 11.8. The van der Waals surface area contributed by atoms with Gasteiger partial charge in [-0.1, -0.05) is 44.7 Å². The number of likely N-dealkylation sites (tertiary alicyclic amines) is 1. The van der Waals surface area contributed by atoms with Gasteiger partial charge in [0, 0.05) is 44.4 Å². The Labute approximate surface area is 211 Å². The maximum Gasteiger partial charge on any atom is 0.220 e. The van der Waals surface area contributed by atoms with Gasteiger partial charge in [0.25, 0.3) is 0 Å². The van der Waals surface area contributed by atoms with Crippen LogP contribution in [0.2, 0.25) is 0 Å². The average molecular weight is 487 g/mol. The van der Waals surface area contributed by atoms with Crippen LogP contribution in [0, 0.1) is 5.92 Å². The number of unbranched alkanes of at least 4 members (excludes halogenated alkanes) is 2. The van der Waals surface area contributed by atoms with Crippen molar-refractivity contribution in [2.24, 2.45) is 5.92 Å². The highest BCUT2D eigenvalue weighted by molar-refractivity contribution is 5.81. The van der Waals surface area contributed by atoms with Crippen molar-refractivity contribution in [1.82, 2.24) is 10.2 Å². The van der Waals surface area contributed by atoms with Crippen molar-refractivity contribution < 1.29 is 19.4 Å². The van der Waals surface area contributed by atoms with Crippen LogP contribution in [0.15, 0.2) is 24.3 Å². The third-order valence-electron chi connectivity index (χ3n) is 7.40. The van der Waals surface area contributed by atoms with Crippen LogP contribution in [0.3, 0.4) is 0 Å². The third-order valence-corrected chi connectivity index (χ3v) is 7.40. The Morgan fingerprint density at radius 1 is 1.06 bits per heavy atom. The molecule has 1 aromatic rings. The summed E-state index contributed by atoms with van der Waals surface area (Å²) in [4.78, 5) is 27.4. The van der Waals surface area contributed by atoms with Crippen LogP contribution in [0.25, 0.3) is 0 Å². The molecule has 1 saturated carbocycles. The summed E-state index contributed by atoms with van der Waals surface area (Å²) in [7, 11) is 0. The van der Waals surface area contributed by atoms with Gasteiger partial charge >= 0.3 is 0 Å². The van der Waals surface area contributed by atoms with E-state index in [0.717, 1.165) is 82.4 Å². The highest BCUT2D eigenvalue weighted by atomic mass is 16.5. The molecule has 1 aliphatic carbocycles. The largest absolute Gasteiger partial charge is 0.494 e. The summed E-state index contributed by atoms with van der Waals surface area (Å²) >= 11 is 0. The smallest absolute Gasteiger partial charge is 0.220 e. The molecule has 6 nitrogen and oxygen atoms in total. The molecule has 0 bridgehead atoms. The fraction of sp³-hybridized carbons (Fsp3) is 0.724. The Morgan fingerprint density at radius 2 is 1.80 bits per heavy atom. The number of ketones is 1. The van der Waals surface area contributed by atoms with Crippen molar-refractivity contribution in [2.45, 2.75) is 103 Å². The number of aliphatic hydroxyl groups is 1. The number of β-amino-alcohol motifs (C(OH)–C–C–N with tert-alkyl or cyclic N) is 1. The Morgan fingerprint density at radius 3 is 2.49 bits per heavy atom. The Bertz CT molecular complexity index is 760. The molecular formula is C29H46N2O4. The van der Waals surface area contributed by atoms with Crippen LogP contribution < -0.4 is 10.1 Å². The monoisotopic (exact) mass is 486 g/mol. The number of Topliss-reactive ketones (excluding diaryl/α,β-unsaturated/α-hetero) is 1. The predicted octanol–water partition coefficient (Wildman–Crippen LogP) is 4.67. The normalized spacial score (nSPS) is 20.0. The van der Waals surface area contributed by atoms with Crippen LogP contribution in [0.5, 0.6) is 5.75 Å². The number of hydrogen-bond donors (Lipinski definition) is 2. The van der Waals surface area contributed by atoms with Crippen molar-refractivity contribution in [3.05, 3.63) is 29.8 Å². The quantitative estimate of drug-likeness (QED) is 0.352. The van der Waals surface area contributed by atoms with E-state index in [1.807, 2.05) is 12.1 Å². The molecule has 2 unspecified atom stereocenters. The second-order valence-corrected chi connectivity index (χ2v) is 10.5. The molecule has 3 rings (SSSR count). The fourth-order valence-electron chi connectivity index (χ4n) is 5.30. The zero-order valence-electron chi connectivity index (χ0n) is 21.7. The van der Waals surface area contributed by atoms with E-state index in [0.29, 0.717) is 25.2 Å². The molecule has 0 spiro atoms. The highest BCUT2D eigenvalue weighted by Gasteiger charge is 2.24. The van der Waals surface area contributed by atoms with E-state index in [1.54, 1.807) is 0 Å². The van der Waals surface area contributed by atoms with E-state index in [4.69, 9.17) is 4.74 Å². The second kappa shape index (κ2) is 15.2. The van der Waals surface area contributed by atoms with E-state index in [1.165, 1.54) is 19.3 Å². The zero-order chi connectivity index (χ0) is 24.9. The lowest BCUT2D eigenvalue weighted by Gasteiger charge is -2.25. The average Bonchev–Trinajstić information content (AvgIpc) is 3.27. The minimum Gasteiger partial charge on any atom is -0.494 e. The molecular weight excluding hydrogens is 440 g/mol. The van der Waals surface area contributed by atoms with Gasteiger partial charge in [-0.25, -0.2) is 0 Å². The number of nitrogens with zero attached hydrogens (tertiary/aromatic N) is 1. The van der Waals surface area contributed by atoms with Crippen LogP contribution in [-0.2, 0) is 16.0 Å². The maximum absolute atomic E-state index is 12.7. The number of hydrogen-bond acceptors (Lipinski definition) is 5. The molecule has 1 aliphatic heterocycles. The summed E-state index contributed by atoms with van der Waals surface area (Å²) in [6, 6.07) is 8.16. The number of ether oxygens (including phenoxy) is 1. The van der Waals surface area contributed by atoms with Gasteiger partial charge in [-0.05, 0) is 62.6 Å². The second-order valence-electron chi connectivity index (χ2n) is 10.5. The van der Waals surface area contributed by atoms with Gasteiger partial charge in [0.05, 0.1) is 12.7 Å². The first-order valence-electron chi connectivity index (χ1n) is 14.0. The van der Waals surface area contributed by atoms with Gasteiger partial charge in [-0.3, -0.25) is 14.5 Å². The molecule has 2 N–H and O–H groups in total. The summed E-state index contributed by atoms with van der Waals surface area (Å²) < 4.78 is 5.77. The minimum absolute atomic E-state index is 0.0106. The Hall–Kier alpha value is -1.92. The van der Waals surface area contributed by atoms with Gasteiger partial charge in [0.1, 0.15) is 11.5 Å². The number of carbonyl (C=O) groups excluding carboxylic acids is 2. The SMILES string of the molecule is CCCCOc1ccc(CC(CN2CCC(O)C2)NC(=O)CCCCC(=O)C2CCCCC2)cc1. The molecule has 1 saturated heterocycles. The molecule has 35 heavy (non-hydrogen) atoms. The van der Waals surface area contributed by atoms with Crippen molar-refractivity contribution in [2.75, 3.05) is 26.2 Å². The number of benzene rings is 1. The minimum atomic E-state index is -0.271. The molecule has 0 radical (unpaired) electrons. The van der Waals surface area contributed by atoms with E-state index in [-0.39, 0.29) is 24.0 Å². The topological polar surface area (TPSA) is 78.9 Å². The lowest BCUT2D eigenvalue weighted by Crippen LogP contribution is -2.44. The molecule has 1 heterocycles. The van der Waals surface area contributed by atoms with Crippen molar-refractivity contribution in [3.63, 3.8) is 0 Å². The van der Waals surface area contributed by atoms with E-state index in [2.05, 4.69) is 29.3 Å². The van der Waals surface area contributed by atoms with Crippen molar-refractivity contribution in [1.29, 1.82) is 0 Å². The number of amides is 1. The predicted molar refractivity (Wildman–Crippen MR) is 140 cm³/mol. The molecule has 196 valence electrons. The maximum atomic E-state index is 12.7. The van der Waals surface area contributed by atoms with Crippen LogP contribution in [-0.4, -0.2) is 60.1 Å². The molecule has 6 heteroatoms. The highest BCUT2D eigenvalue weighted by Crippen LogP contribution is 2.26. The van der Waals surface area contributed by atoms with Gasteiger partial charge in [-0.15, -0.1) is 0 Å². The third kappa shape index (κ3) is 10.3. The van der Waals surface area contributed by atoms with Crippen molar-refractivity contribution in [3.8, 4) is 5.75 Å². The summed E-state index contributed by atoms with van der Waals surface area (Å²) in [5.41, 5.74) is 1.16. The molecule has 1 aromatic carbocycles. The number of nitrogens with one attached hydrogen (secondary N) is 1. The standard InChI is InChI=1S/C29H46N2O4/c1-2-3-19-35-27-15-13-23(14-16-27)20-25(21-31-18-17-26(32)22-31)30-29(34)12-8-7-11-28(33)24-9-5-4-6-10-24/h13-16,24-26,32H,2-12,17-22H2,1H3,(H,30,34). The van der Waals surface area contributed by atoms with Crippen molar-refractivity contribution >= 4 is 11.7 Å². The molecule has 0 aromatic heterocycles. The van der Waals surface area contributed by atoms with Gasteiger partial charge < -0.3 is 15.2 Å². The van der Waals surface area contributed by atoms with E-state index < -0.39 is 0 Å². The van der Waals surface area contributed by atoms with E-state index in [9.17, 15) is 14.7 Å². The molecule has 2 fully saturated rings. The van der Waals surface area contributed by atoms with E-state index >= 15 is 0 Å². The molecule has 2 aliphatic rings. The molecule has 2 atom stereocenters.